The summed E-state index contributed by atoms with van der Waals surface area (Å²) in [6.45, 7) is 1.23. The fraction of sp³-hybridized carbons (Fsp3) is 0.345. The van der Waals surface area contributed by atoms with E-state index < -0.39 is 48.9 Å². The molecule has 1 aliphatic rings. The molecule has 3 aromatic rings. The molecular weight excluding hydrogens is 584 g/mol. The van der Waals surface area contributed by atoms with Gasteiger partial charge in [0.05, 0.1) is 13.0 Å². The molecule has 2 heterocycles. The molecule has 1 aliphatic heterocycles. The number of carbonyl (C=O) groups is 2. The molecule has 11 heteroatoms. The molecule has 1 saturated heterocycles. The van der Waals surface area contributed by atoms with Crippen molar-refractivity contribution in [3.8, 4) is 11.5 Å². The number of carbonyl (C=O) groups excluding carboxylic acids is 2. The molecule has 0 bridgehead atoms. The topological polar surface area (TPSA) is 136 Å². The van der Waals surface area contributed by atoms with Crippen LogP contribution in [0.2, 0.25) is 0 Å². The Morgan fingerprint density at radius 3 is 2.38 bits per heavy atom. The average Bonchev–Trinajstić information content (AvgIpc) is 2.99. The van der Waals surface area contributed by atoms with Gasteiger partial charge in [-0.25, -0.2) is 4.98 Å². The van der Waals surface area contributed by atoms with Crippen LogP contribution in [-0.2, 0) is 32.1 Å². The quantitative estimate of drug-likeness (QED) is 0.187. The maximum Gasteiger partial charge on any atom is 0.327 e. The van der Waals surface area contributed by atoms with Crippen molar-refractivity contribution in [2.75, 3.05) is 13.7 Å². The number of hydrogen-bond donors (Lipinski definition) is 3. The van der Waals surface area contributed by atoms with Crippen molar-refractivity contribution in [1.29, 1.82) is 0 Å². The zero-order valence-electron chi connectivity index (χ0n) is 22.0. The molecule has 0 amide bonds. The van der Waals surface area contributed by atoms with Gasteiger partial charge in [0.2, 0.25) is 0 Å². The maximum absolute atomic E-state index is 13.0. The number of rotatable bonds is 9. The standard InChI is InChI=1S/C29H31BrN2O8/c1-17-25(33)20(13-18-9-5-3-6-10-18)28(35)39-16-21(29(36)40-17)31-27(34)24-26(22(37-2)14-23(30)32-24)38-15-19-11-7-4-8-12-19/h3-12,14,17,20-21,25,27,31,33-34H,13,15-16H2,1-2H3/t17-,20+,21?,25-,27?/m0/s1. The largest absolute Gasteiger partial charge is 0.493 e. The van der Waals surface area contributed by atoms with E-state index in [-0.39, 0.29) is 24.5 Å². The molecule has 0 spiro atoms. The molecule has 1 aromatic heterocycles. The van der Waals surface area contributed by atoms with E-state index >= 15 is 0 Å². The molecule has 4 rings (SSSR count). The van der Waals surface area contributed by atoms with Crippen LogP contribution in [-0.4, -0.2) is 59.1 Å². The third kappa shape index (κ3) is 7.36. The van der Waals surface area contributed by atoms with E-state index in [4.69, 9.17) is 18.9 Å². The summed E-state index contributed by atoms with van der Waals surface area (Å²) in [6, 6.07) is 18.9. The van der Waals surface area contributed by atoms with Crippen LogP contribution in [0, 0.1) is 5.92 Å². The van der Waals surface area contributed by atoms with Crippen LogP contribution in [0.4, 0.5) is 0 Å². The van der Waals surface area contributed by atoms with Crippen molar-refractivity contribution in [2.24, 2.45) is 5.92 Å². The van der Waals surface area contributed by atoms with Crippen LogP contribution in [0.3, 0.4) is 0 Å². The smallest absolute Gasteiger partial charge is 0.327 e. The van der Waals surface area contributed by atoms with Gasteiger partial charge in [-0.3, -0.25) is 14.9 Å². The van der Waals surface area contributed by atoms with Crippen molar-refractivity contribution >= 4 is 27.9 Å². The Morgan fingerprint density at radius 1 is 1.07 bits per heavy atom. The number of halogens is 1. The molecule has 0 radical (unpaired) electrons. The number of aliphatic hydroxyl groups excluding tert-OH is 2. The minimum absolute atomic E-state index is 0.0381. The van der Waals surface area contributed by atoms with Crippen molar-refractivity contribution in [2.45, 2.75) is 44.4 Å². The Kier molecular flexibility index (Phi) is 10.1. The fourth-order valence-electron chi connectivity index (χ4n) is 4.31. The fourth-order valence-corrected chi connectivity index (χ4v) is 4.71. The van der Waals surface area contributed by atoms with Gasteiger partial charge in [0, 0.05) is 6.07 Å². The minimum atomic E-state index is -1.55. The molecule has 5 atom stereocenters. The first kappa shape index (κ1) is 29.5. The first-order chi connectivity index (χ1) is 19.3. The van der Waals surface area contributed by atoms with E-state index in [1.807, 2.05) is 60.7 Å². The highest BCUT2D eigenvalue weighted by molar-refractivity contribution is 9.10. The Morgan fingerprint density at radius 2 is 1.73 bits per heavy atom. The molecule has 10 nitrogen and oxygen atoms in total. The van der Waals surface area contributed by atoms with Gasteiger partial charge in [-0.05, 0) is 40.4 Å². The second-order valence-corrected chi connectivity index (χ2v) is 10.1. The lowest BCUT2D eigenvalue weighted by Gasteiger charge is -2.25. The Hall–Kier alpha value is -3.51. The summed E-state index contributed by atoms with van der Waals surface area (Å²) in [4.78, 5) is 30.4. The summed E-state index contributed by atoms with van der Waals surface area (Å²) in [5, 5.41) is 24.7. The van der Waals surface area contributed by atoms with Gasteiger partial charge in [-0.2, -0.15) is 0 Å². The normalized spacial score (nSPS) is 22.2. The summed E-state index contributed by atoms with van der Waals surface area (Å²) in [5.74, 6) is -1.99. The number of cyclic esters (lactones) is 2. The number of hydrogen-bond acceptors (Lipinski definition) is 10. The third-order valence-corrected chi connectivity index (χ3v) is 6.88. The molecule has 40 heavy (non-hydrogen) atoms. The predicted molar refractivity (Wildman–Crippen MR) is 147 cm³/mol. The zero-order valence-corrected chi connectivity index (χ0v) is 23.6. The molecule has 2 aromatic carbocycles. The highest BCUT2D eigenvalue weighted by Crippen LogP contribution is 2.36. The highest BCUT2D eigenvalue weighted by atomic mass is 79.9. The molecule has 0 aliphatic carbocycles. The number of nitrogens with one attached hydrogen (secondary N) is 1. The number of nitrogens with zero attached hydrogens (tertiary/aromatic N) is 1. The minimum Gasteiger partial charge on any atom is -0.493 e. The number of benzene rings is 2. The number of pyridine rings is 1. The molecule has 3 N–H and O–H groups in total. The average molecular weight is 615 g/mol. The number of ether oxygens (including phenoxy) is 4. The maximum atomic E-state index is 13.0. The highest BCUT2D eigenvalue weighted by Gasteiger charge is 2.39. The van der Waals surface area contributed by atoms with Gasteiger partial charge in [-0.1, -0.05) is 60.7 Å². The summed E-state index contributed by atoms with van der Waals surface area (Å²) >= 11 is 3.30. The molecule has 2 unspecified atom stereocenters. The number of esters is 2. The summed E-state index contributed by atoms with van der Waals surface area (Å²) in [5.41, 5.74) is 1.74. The van der Waals surface area contributed by atoms with Crippen LogP contribution in [0.5, 0.6) is 11.5 Å². The summed E-state index contributed by atoms with van der Waals surface area (Å²) < 4.78 is 22.7. The van der Waals surface area contributed by atoms with Crippen molar-refractivity contribution in [3.63, 3.8) is 0 Å². The predicted octanol–water partition coefficient (Wildman–Crippen LogP) is 3.09. The van der Waals surface area contributed by atoms with Gasteiger partial charge >= 0.3 is 11.9 Å². The van der Waals surface area contributed by atoms with Crippen molar-refractivity contribution in [1.82, 2.24) is 10.3 Å². The number of methoxy groups -OCH3 is 1. The lowest BCUT2D eigenvalue weighted by Crippen LogP contribution is -2.45. The third-order valence-electron chi connectivity index (χ3n) is 6.47. The van der Waals surface area contributed by atoms with Gasteiger partial charge in [0.1, 0.15) is 41.8 Å². The molecule has 1 fully saturated rings. The summed E-state index contributed by atoms with van der Waals surface area (Å²) in [6.07, 6.45) is -3.65. The second-order valence-electron chi connectivity index (χ2n) is 9.32. The molecule has 212 valence electrons. The van der Waals surface area contributed by atoms with Crippen LogP contribution < -0.4 is 14.8 Å². The Labute approximate surface area is 240 Å². The van der Waals surface area contributed by atoms with E-state index in [1.54, 1.807) is 6.07 Å². The van der Waals surface area contributed by atoms with Crippen LogP contribution >= 0.6 is 15.9 Å². The van der Waals surface area contributed by atoms with E-state index in [0.717, 1.165) is 11.1 Å². The van der Waals surface area contributed by atoms with Crippen LogP contribution in [0.1, 0.15) is 30.0 Å². The number of aromatic nitrogens is 1. The molecule has 0 saturated carbocycles. The lowest BCUT2D eigenvalue weighted by molar-refractivity contribution is -0.159. The zero-order chi connectivity index (χ0) is 28.6. The summed E-state index contributed by atoms with van der Waals surface area (Å²) in [7, 11) is 1.45. The van der Waals surface area contributed by atoms with Crippen LogP contribution in [0.15, 0.2) is 71.3 Å². The SMILES string of the molecule is COc1cc(Br)nc(C(O)NC2COC(=O)[C@H](Cc3ccccc3)[C@@H](O)[C@H](C)OC2=O)c1OCc1ccccc1. The van der Waals surface area contributed by atoms with E-state index in [1.165, 1.54) is 14.0 Å². The Balaban J connectivity index is 1.53. The van der Waals surface area contributed by atoms with E-state index in [0.29, 0.717) is 10.4 Å². The molecular formula is C29H31BrN2O8. The monoisotopic (exact) mass is 614 g/mol. The number of aliphatic hydroxyl groups is 2. The second kappa shape index (κ2) is 13.7. The van der Waals surface area contributed by atoms with Gasteiger partial charge in [0.15, 0.2) is 17.7 Å². The first-order valence-electron chi connectivity index (χ1n) is 12.7. The van der Waals surface area contributed by atoms with Crippen LogP contribution in [0.25, 0.3) is 0 Å². The van der Waals surface area contributed by atoms with Gasteiger partial charge in [-0.15, -0.1) is 0 Å². The lowest BCUT2D eigenvalue weighted by atomic mass is 9.91. The van der Waals surface area contributed by atoms with E-state index in [9.17, 15) is 19.8 Å². The van der Waals surface area contributed by atoms with Crippen molar-refractivity contribution in [3.05, 3.63) is 88.2 Å². The first-order valence-corrected chi connectivity index (χ1v) is 13.5. The van der Waals surface area contributed by atoms with Gasteiger partial charge < -0.3 is 29.2 Å². The van der Waals surface area contributed by atoms with E-state index in [2.05, 4.69) is 26.2 Å². The van der Waals surface area contributed by atoms with Gasteiger partial charge in [0.25, 0.3) is 0 Å². The van der Waals surface area contributed by atoms with Crippen molar-refractivity contribution < 1.29 is 38.7 Å². The Bertz CT molecular complexity index is 1290.